The van der Waals surface area contributed by atoms with Crippen LogP contribution in [-0.2, 0) is 27.4 Å². The largest absolute Gasteiger partial charge is 0.449 e. The average molecular weight is 400 g/mol. The van der Waals surface area contributed by atoms with Gasteiger partial charge in [-0.25, -0.2) is 4.79 Å². The monoisotopic (exact) mass is 400 g/mol. The summed E-state index contributed by atoms with van der Waals surface area (Å²) in [5.74, 6) is -0.830. The Hall–Kier alpha value is -3.73. The highest BCUT2D eigenvalue weighted by Crippen LogP contribution is 2.13. The molecule has 0 fully saturated rings. The molecule has 0 N–H and O–H groups in total. The van der Waals surface area contributed by atoms with Gasteiger partial charge in [-0.15, -0.1) is 0 Å². The topological polar surface area (TPSA) is 59.5 Å². The Bertz CT molecular complexity index is 932. The first-order chi connectivity index (χ1) is 14.6. The van der Waals surface area contributed by atoms with E-state index in [1.165, 1.54) is 6.08 Å². The van der Waals surface area contributed by atoms with Crippen LogP contribution in [0.4, 0.5) is 0 Å². The van der Waals surface area contributed by atoms with Crippen molar-refractivity contribution in [1.82, 2.24) is 9.88 Å². The number of hydrogen-bond acceptors (Lipinski definition) is 4. The maximum Gasteiger partial charge on any atom is 0.331 e. The predicted octanol–water partition coefficient (Wildman–Crippen LogP) is 4.26. The van der Waals surface area contributed by atoms with E-state index in [2.05, 4.69) is 4.98 Å². The summed E-state index contributed by atoms with van der Waals surface area (Å²) in [6, 6.07) is 24.9. The molecule has 1 unspecified atom stereocenters. The Morgan fingerprint density at radius 1 is 0.900 bits per heavy atom. The van der Waals surface area contributed by atoms with Crippen LogP contribution in [0.5, 0.6) is 0 Å². The van der Waals surface area contributed by atoms with Crippen molar-refractivity contribution in [3.8, 4) is 0 Å². The zero-order chi connectivity index (χ0) is 21.2. The van der Waals surface area contributed by atoms with Crippen molar-refractivity contribution in [2.24, 2.45) is 0 Å². The first kappa shape index (κ1) is 21.0. The number of hydrogen-bond donors (Lipinski definition) is 0. The van der Waals surface area contributed by atoms with Gasteiger partial charge in [0.15, 0.2) is 6.10 Å². The molecule has 0 aliphatic heterocycles. The Morgan fingerprint density at radius 2 is 1.47 bits per heavy atom. The van der Waals surface area contributed by atoms with Crippen LogP contribution < -0.4 is 0 Å². The Kier molecular flexibility index (Phi) is 7.50. The summed E-state index contributed by atoms with van der Waals surface area (Å²) >= 11 is 0. The molecule has 5 nitrogen and oxygen atoms in total. The van der Waals surface area contributed by atoms with Crippen LogP contribution in [0.1, 0.15) is 23.7 Å². The number of pyridine rings is 1. The molecule has 0 aliphatic rings. The van der Waals surface area contributed by atoms with Gasteiger partial charge in [0.1, 0.15) is 0 Å². The molecule has 0 radical (unpaired) electrons. The number of esters is 1. The lowest BCUT2D eigenvalue weighted by Crippen LogP contribution is -2.39. The van der Waals surface area contributed by atoms with Crippen LogP contribution in [0.25, 0.3) is 6.08 Å². The van der Waals surface area contributed by atoms with Gasteiger partial charge in [0.05, 0.1) is 5.69 Å². The number of rotatable bonds is 8. The molecule has 1 aromatic heterocycles. The first-order valence-electron chi connectivity index (χ1n) is 9.78. The molecule has 0 bridgehead atoms. The van der Waals surface area contributed by atoms with Crippen LogP contribution in [-0.4, -0.2) is 27.9 Å². The van der Waals surface area contributed by atoms with Gasteiger partial charge in [-0.2, -0.15) is 0 Å². The predicted molar refractivity (Wildman–Crippen MR) is 116 cm³/mol. The molecule has 0 saturated carbocycles. The molecule has 0 spiro atoms. The minimum absolute atomic E-state index is 0.248. The van der Waals surface area contributed by atoms with E-state index in [1.54, 1.807) is 36.2 Å². The van der Waals surface area contributed by atoms with Crippen LogP contribution in [0.15, 0.2) is 91.1 Å². The third-order valence-corrected chi connectivity index (χ3v) is 4.46. The van der Waals surface area contributed by atoms with Crippen LogP contribution in [0.2, 0.25) is 0 Å². The summed E-state index contributed by atoms with van der Waals surface area (Å²) < 4.78 is 5.35. The molecule has 1 heterocycles. The van der Waals surface area contributed by atoms with Crippen molar-refractivity contribution in [3.63, 3.8) is 0 Å². The molecule has 30 heavy (non-hydrogen) atoms. The summed E-state index contributed by atoms with van der Waals surface area (Å²) in [5, 5.41) is 0. The number of nitrogens with zero attached hydrogens (tertiary/aromatic N) is 2. The maximum atomic E-state index is 13.1. The second-order valence-electron chi connectivity index (χ2n) is 6.83. The molecule has 0 saturated heterocycles. The van der Waals surface area contributed by atoms with E-state index < -0.39 is 12.1 Å². The number of amides is 1. The highest BCUT2D eigenvalue weighted by Gasteiger charge is 2.23. The lowest BCUT2D eigenvalue weighted by atomic mass is 10.1. The molecule has 0 aliphatic carbocycles. The van der Waals surface area contributed by atoms with E-state index >= 15 is 0 Å². The van der Waals surface area contributed by atoms with Gasteiger partial charge >= 0.3 is 5.97 Å². The number of benzene rings is 2. The Morgan fingerprint density at radius 3 is 2.00 bits per heavy atom. The van der Waals surface area contributed by atoms with E-state index in [-0.39, 0.29) is 5.91 Å². The fourth-order valence-electron chi connectivity index (χ4n) is 2.97. The van der Waals surface area contributed by atoms with Gasteiger partial charge in [0.2, 0.25) is 0 Å². The van der Waals surface area contributed by atoms with Crippen LogP contribution >= 0.6 is 0 Å². The zero-order valence-corrected chi connectivity index (χ0v) is 16.8. The van der Waals surface area contributed by atoms with Crippen molar-refractivity contribution in [2.45, 2.75) is 26.1 Å². The molecule has 2 aromatic carbocycles. The Balaban J connectivity index is 1.67. The number of carbonyl (C=O) groups is 2. The SMILES string of the molecule is CC(OC(=O)C=Cc1ccccn1)C(=O)N(Cc1ccccc1)Cc1ccccc1. The smallest absolute Gasteiger partial charge is 0.331 e. The van der Waals surface area contributed by atoms with E-state index in [0.717, 1.165) is 11.1 Å². The quantitative estimate of drug-likeness (QED) is 0.419. The van der Waals surface area contributed by atoms with Crippen molar-refractivity contribution >= 4 is 18.0 Å². The van der Waals surface area contributed by atoms with Gasteiger partial charge in [-0.1, -0.05) is 66.7 Å². The van der Waals surface area contributed by atoms with Crippen LogP contribution in [0, 0.1) is 0 Å². The number of aromatic nitrogens is 1. The van der Waals surface area contributed by atoms with E-state index in [4.69, 9.17) is 4.74 Å². The highest BCUT2D eigenvalue weighted by atomic mass is 16.5. The summed E-state index contributed by atoms with van der Waals surface area (Å²) in [6.45, 7) is 2.46. The standard InChI is InChI=1S/C25H24N2O3/c1-20(30-24(28)16-15-23-14-8-9-17-26-23)25(29)27(18-21-10-4-2-5-11-21)19-22-12-6-3-7-13-22/h2-17,20H,18-19H2,1H3. The van der Waals surface area contributed by atoms with E-state index in [0.29, 0.717) is 18.8 Å². The molecule has 152 valence electrons. The number of ether oxygens (including phenoxy) is 1. The summed E-state index contributed by atoms with van der Waals surface area (Å²) in [6.07, 6.45) is 3.58. The van der Waals surface area contributed by atoms with Crippen LogP contribution in [0.3, 0.4) is 0 Å². The Labute approximate surface area is 176 Å². The van der Waals surface area contributed by atoms with Crippen molar-refractivity contribution in [3.05, 3.63) is 108 Å². The van der Waals surface area contributed by atoms with Crippen molar-refractivity contribution < 1.29 is 14.3 Å². The highest BCUT2D eigenvalue weighted by molar-refractivity contribution is 5.90. The fraction of sp³-hybridized carbons (Fsp3) is 0.160. The maximum absolute atomic E-state index is 13.1. The molecular weight excluding hydrogens is 376 g/mol. The fourth-order valence-corrected chi connectivity index (χ4v) is 2.97. The summed E-state index contributed by atoms with van der Waals surface area (Å²) in [5.41, 5.74) is 2.66. The lowest BCUT2D eigenvalue weighted by Gasteiger charge is -2.26. The van der Waals surface area contributed by atoms with E-state index in [1.807, 2.05) is 66.7 Å². The van der Waals surface area contributed by atoms with Crippen molar-refractivity contribution in [2.75, 3.05) is 0 Å². The second-order valence-corrected chi connectivity index (χ2v) is 6.83. The third kappa shape index (κ3) is 6.41. The lowest BCUT2D eigenvalue weighted by molar-refractivity contribution is -0.156. The first-order valence-corrected chi connectivity index (χ1v) is 9.78. The zero-order valence-electron chi connectivity index (χ0n) is 16.8. The normalized spacial score (nSPS) is 11.8. The average Bonchev–Trinajstić information content (AvgIpc) is 2.79. The minimum atomic E-state index is -0.904. The summed E-state index contributed by atoms with van der Waals surface area (Å²) in [4.78, 5) is 31.1. The van der Waals surface area contributed by atoms with Gasteiger partial charge < -0.3 is 9.64 Å². The third-order valence-electron chi connectivity index (χ3n) is 4.46. The molecule has 1 atom stereocenters. The number of carbonyl (C=O) groups excluding carboxylic acids is 2. The molecule has 3 rings (SSSR count). The van der Waals surface area contributed by atoms with Gasteiger partial charge in [0.25, 0.3) is 5.91 Å². The second kappa shape index (κ2) is 10.7. The molecule has 1 amide bonds. The van der Waals surface area contributed by atoms with Gasteiger partial charge in [-0.05, 0) is 36.3 Å². The van der Waals surface area contributed by atoms with Gasteiger partial charge in [-0.3, -0.25) is 9.78 Å². The summed E-state index contributed by atoms with van der Waals surface area (Å²) in [7, 11) is 0. The molecular formula is C25H24N2O3. The van der Waals surface area contributed by atoms with Gasteiger partial charge in [0, 0.05) is 25.4 Å². The molecule has 5 heteroatoms. The molecule has 3 aromatic rings. The van der Waals surface area contributed by atoms with Crippen molar-refractivity contribution in [1.29, 1.82) is 0 Å². The van der Waals surface area contributed by atoms with E-state index in [9.17, 15) is 9.59 Å². The minimum Gasteiger partial charge on any atom is -0.449 e.